The molecule has 0 radical (unpaired) electrons. The van der Waals surface area contributed by atoms with Crippen molar-refractivity contribution < 1.29 is 23.8 Å². The maximum absolute atomic E-state index is 11.8. The second-order valence-electron chi connectivity index (χ2n) is 6.39. The first kappa shape index (κ1) is 18.4. The molecule has 0 aliphatic carbocycles. The van der Waals surface area contributed by atoms with Gasteiger partial charge in [-0.15, -0.1) is 0 Å². The molecular formula is C18H25NO5. The van der Waals surface area contributed by atoms with Crippen molar-refractivity contribution in [2.45, 2.75) is 25.9 Å². The van der Waals surface area contributed by atoms with Crippen molar-refractivity contribution in [3.8, 4) is 5.75 Å². The van der Waals surface area contributed by atoms with E-state index in [1.165, 1.54) is 13.8 Å². The minimum atomic E-state index is -0.787. The Kier molecular flexibility index (Phi) is 5.96. The molecule has 1 aromatic rings. The third-order valence-electron chi connectivity index (χ3n) is 4.09. The van der Waals surface area contributed by atoms with E-state index in [9.17, 15) is 9.59 Å². The zero-order valence-corrected chi connectivity index (χ0v) is 14.7. The molecule has 0 aromatic heterocycles. The molecule has 1 aliphatic heterocycles. The van der Waals surface area contributed by atoms with Crippen LogP contribution in [0.15, 0.2) is 24.3 Å². The Bertz CT molecular complexity index is 601. The fourth-order valence-corrected chi connectivity index (χ4v) is 3.25. The van der Waals surface area contributed by atoms with Gasteiger partial charge in [-0.3, -0.25) is 9.59 Å². The van der Waals surface area contributed by atoms with Crippen LogP contribution >= 0.6 is 0 Å². The molecule has 0 amide bonds. The van der Waals surface area contributed by atoms with Crippen molar-refractivity contribution in [3.05, 3.63) is 29.8 Å². The summed E-state index contributed by atoms with van der Waals surface area (Å²) in [5.41, 5.74) is 0.0384. The second-order valence-corrected chi connectivity index (χ2v) is 6.39. The average Bonchev–Trinajstić information content (AvgIpc) is 2.48. The first-order chi connectivity index (χ1) is 11.3. The van der Waals surface area contributed by atoms with Crippen LogP contribution in [0.1, 0.15) is 25.8 Å². The van der Waals surface area contributed by atoms with Crippen LogP contribution in [-0.4, -0.2) is 50.7 Å². The van der Waals surface area contributed by atoms with E-state index >= 15 is 0 Å². The van der Waals surface area contributed by atoms with Gasteiger partial charge in [0, 0.05) is 32.7 Å². The van der Waals surface area contributed by atoms with Gasteiger partial charge in [-0.25, -0.2) is 0 Å². The minimum absolute atomic E-state index is 0.0160. The summed E-state index contributed by atoms with van der Waals surface area (Å²) < 4.78 is 16.7. The van der Waals surface area contributed by atoms with Crippen LogP contribution in [-0.2, 0) is 24.7 Å². The normalized spacial score (nSPS) is 23.8. The van der Waals surface area contributed by atoms with E-state index in [-0.39, 0.29) is 17.9 Å². The number of carbonyl (C=O) groups is 2. The molecule has 0 bridgehead atoms. The highest BCUT2D eigenvalue weighted by Crippen LogP contribution is 2.42. The van der Waals surface area contributed by atoms with Gasteiger partial charge in [-0.2, -0.15) is 0 Å². The molecule has 0 saturated carbocycles. The third-order valence-corrected chi connectivity index (χ3v) is 4.09. The highest BCUT2D eigenvalue weighted by molar-refractivity contribution is 5.69. The molecule has 24 heavy (non-hydrogen) atoms. The van der Waals surface area contributed by atoms with Crippen LogP contribution < -0.4 is 4.74 Å². The maximum Gasteiger partial charge on any atom is 0.308 e. The number of esters is 2. The van der Waals surface area contributed by atoms with Gasteiger partial charge in [-0.1, -0.05) is 12.1 Å². The van der Waals surface area contributed by atoms with Gasteiger partial charge in [0.25, 0.3) is 0 Å². The van der Waals surface area contributed by atoms with E-state index in [1.54, 1.807) is 18.2 Å². The van der Waals surface area contributed by atoms with Crippen molar-refractivity contribution in [2.24, 2.45) is 5.92 Å². The van der Waals surface area contributed by atoms with Crippen LogP contribution in [0.3, 0.4) is 0 Å². The molecule has 1 heterocycles. The number of nitrogens with zero attached hydrogens (tertiary/aromatic N) is 1. The highest BCUT2D eigenvalue weighted by Gasteiger charge is 2.46. The van der Waals surface area contributed by atoms with Gasteiger partial charge in [0.1, 0.15) is 11.4 Å². The summed E-state index contributed by atoms with van der Waals surface area (Å²) in [5.74, 6) is -0.289. The Hall–Kier alpha value is -1.92. The van der Waals surface area contributed by atoms with E-state index in [1.807, 2.05) is 25.1 Å². The molecule has 1 fully saturated rings. The predicted molar refractivity (Wildman–Crippen MR) is 88.7 cm³/mol. The Labute approximate surface area is 142 Å². The van der Waals surface area contributed by atoms with Crippen molar-refractivity contribution in [1.82, 2.24) is 4.90 Å². The van der Waals surface area contributed by atoms with Gasteiger partial charge < -0.3 is 19.1 Å². The van der Waals surface area contributed by atoms with E-state index in [0.717, 1.165) is 5.56 Å². The third kappa shape index (κ3) is 4.33. The number of benzene rings is 1. The molecule has 1 aromatic carbocycles. The maximum atomic E-state index is 11.8. The lowest BCUT2D eigenvalue weighted by Crippen LogP contribution is -2.49. The molecule has 1 aliphatic rings. The van der Waals surface area contributed by atoms with Gasteiger partial charge >= 0.3 is 11.9 Å². The van der Waals surface area contributed by atoms with E-state index in [4.69, 9.17) is 14.2 Å². The summed E-state index contributed by atoms with van der Waals surface area (Å²) in [4.78, 5) is 25.1. The fraction of sp³-hybridized carbons (Fsp3) is 0.556. The quantitative estimate of drug-likeness (QED) is 0.605. The summed E-state index contributed by atoms with van der Waals surface area (Å²) in [7, 11) is 3.95. The van der Waals surface area contributed by atoms with Crippen LogP contribution in [0.25, 0.3) is 0 Å². The van der Waals surface area contributed by atoms with E-state index in [2.05, 4.69) is 0 Å². The molecule has 0 unspecified atom stereocenters. The number of hydrogen-bond donors (Lipinski definition) is 0. The number of rotatable bonds is 5. The van der Waals surface area contributed by atoms with Gasteiger partial charge in [0.2, 0.25) is 0 Å². The molecule has 132 valence electrons. The number of carbonyl (C=O) groups excluding carboxylic acids is 2. The van der Waals surface area contributed by atoms with Gasteiger partial charge in [-0.05, 0) is 31.8 Å². The average molecular weight is 335 g/mol. The van der Waals surface area contributed by atoms with E-state index in [0.29, 0.717) is 31.9 Å². The summed E-state index contributed by atoms with van der Waals surface area (Å²) in [6.07, 6.45) is 0.564. The van der Waals surface area contributed by atoms with Gasteiger partial charge in [0.05, 0.1) is 13.2 Å². The summed E-state index contributed by atoms with van der Waals surface area (Å²) in [5, 5.41) is 0. The smallest absolute Gasteiger partial charge is 0.308 e. The largest absolute Gasteiger partial charge is 0.454 e. The minimum Gasteiger partial charge on any atom is -0.454 e. The van der Waals surface area contributed by atoms with Crippen molar-refractivity contribution >= 4 is 11.9 Å². The molecule has 0 N–H and O–H groups in total. The first-order valence-electron chi connectivity index (χ1n) is 8.04. The van der Waals surface area contributed by atoms with Crippen molar-refractivity contribution in [2.75, 3.05) is 33.9 Å². The summed E-state index contributed by atoms with van der Waals surface area (Å²) >= 11 is 0. The van der Waals surface area contributed by atoms with Crippen LogP contribution in [0.4, 0.5) is 0 Å². The van der Waals surface area contributed by atoms with Crippen molar-refractivity contribution in [1.29, 1.82) is 0 Å². The molecule has 1 saturated heterocycles. The van der Waals surface area contributed by atoms with Crippen LogP contribution in [0.5, 0.6) is 5.75 Å². The number of ether oxygens (including phenoxy) is 3. The fourth-order valence-electron chi connectivity index (χ4n) is 3.25. The molecule has 0 spiro atoms. The lowest BCUT2D eigenvalue weighted by atomic mass is 9.77. The molecule has 6 heteroatoms. The SMILES string of the molecule is CC(=O)Oc1cccc([C@]2(OC(C)=O)CCOC[C@@H]2CN(C)C)c1. The first-order valence-corrected chi connectivity index (χ1v) is 8.04. The zero-order chi connectivity index (χ0) is 17.7. The van der Waals surface area contributed by atoms with Crippen molar-refractivity contribution in [3.63, 3.8) is 0 Å². The standard InChI is InChI=1S/C18H25NO5/c1-13(20)23-17-7-5-6-15(10-17)18(24-14(2)21)8-9-22-12-16(18)11-19(3)4/h5-7,10,16H,8-9,11-12H2,1-4H3/t16-,18+/m0/s1. The Morgan fingerprint density at radius 1 is 1.29 bits per heavy atom. The topological polar surface area (TPSA) is 65.1 Å². The van der Waals surface area contributed by atoms with E-state index < -0.39 is 5.60 Å². The highest BCUT2D eigenvalue weighted by atomic mass is 16.6. The predicted octanol–water partition coefficient (Wildman–Crippen LogP) is 1.97. The molecule has 2 rings (SSSR count). The van der Waals surface area contributed by atoms with Crippen LogP contribution in [0, 0.1) is 5.92 Å². The summed E-state index contributed by atoms with van der Waals surface area (Å²) in [6, 6.07) is 7.20. The molecule has 6 nitrogen and oxygen atoms in total. The monoisotopic (exact) mass is 335 g/mol. The Morgan fingerprint density at radius 2 is 2.04 bits per heavy atom. The Morgan fingerprint density at radius 3 is 2.67 bits per heavy atom. The summed E-state index contributed by atoms with van der Waals surface area (Å²) in [6.45, 7) is 4.50. The Balaban J connectivity index is 2.45. The van der Waals surface area contributed by atoms with Crippen LogP contribution in [0.2, 0.25) is 0 Å². The lowest BCUT2D eigenvalue weighted by Gasteiger charge is -2.44. The lowest BCUT2D eigenvalue weighted by molar-refractivity contribution is -0.184. The molecule has 2 atom stereocenters. The second kappa shape index (κ2) is 7.77. The number of hydrogen-bond acceptors (Lipinski definition) is 6. The zero-order valence-electron chi connectivity index (χ0n) is 14.7. The van der Waals surface area contributed by atoms with Gasteiger partial charge in [0.15, 0.2) is 0 Å². The molecular weight excluding hydrogens is 310 g/mol.